The molecule has 0 unspecified atom stereocenters. The smallest absolute Gasteiger partial charge is 0.269 e. The lowest BCUT2D eigenvalue weighted by atomic mass is 9.78. The van der Waals surface area contributed by atoms with E-state index in [1.165, 1.54) is 32.1 Å². The number of rotatable bonds is 5. The molecule has 0 bridgehead atoms. The summed E-state index contributed by atoms with van der Waals surface area (Å²) in [6.45, 7) is 5.30. The third-order valence-electron chi connectivity index (χ3n) is 4.09. The number of carbonyl (C=O) groups is 1. The minimum atomic E-state index is -0.0625. The highest BCUT2D eigenvalue weighted by molar-refractivity contribution is 9.10. The van der Waals surface area contributed by atoms with Crippen molar-refractivity contribution in [3.05, 3.63) is 28.5 Å². The lowest BCUT2D eigenvalue weighted by molar-refractivity contribution is 0.0917. The topological polar surface area (TPSA) is 42.0 Å². The number of amides is 1. The molecule has 1 amide bonds. The normalized spacial score (nSPS) is 17.4. The van der Waals surface area contributed by atoms with E-state index in [1.807, 2.05) is 6.07 Å². The van der Waals surface area contributed by atoms with Crippen LogP contribution < -0.4 is 5.32 Å². The third kappa shape index (κ3) is 4.05. The molecule has 0 radical (unpaired) electrons. The highest BCUT2D eigenvalue weighted by Gasteiger charge is 2.34. The second kappa shape index (κ2) is 6.70. The average molecular weight is 339 g/mol. The molecule has 0 aliphatic heterocycles. The Kier molecular flexibility index (Phi) is 5.19. The van der Waals surface area contributed by atoms with Crippen molar-refractivity contribution in [1.82, 2.24) is 10.3 Å². The molecular weight excluding hydrogens is 316 g/mol. The zero-order chi connectivity index (χ0) is 14.6. The highest BCUT2D eigenvalue weighted by Crippen LogP contribution is 2.42. The maximum Gasteiger partial charge on any atom is 0.269 e. The fraction of sp³-hybridized carbons (Fsp3) is 0.625. The van der Waals surface area contributed by atoms with Crippen LogP contribution in [-0.4, -0.2) is 17.4 Å². The van der Waals surface area contributed by atoms with Gasteiger partial charge in [-0.25, -0.2) is 4.98 Å². The summed E-state index contributed by atoms with van der Waals surface area (Å²) in [5.41, 5.74) is 0.796. The summed E-state index contributed by atoms with van der Waals surface area (Å²) in [6.07, 6.45) is 7.91. The Balaban J connectivity index is 1.95. The number of hydrogen-bond donors (Lipinski definition) is 1. The number of halogens is 1. The van der Waals surface area contributed by atoms with Crippen molar-refractivity contribution in [2.75, 3.05) is 6.54 Å². The van der Waals surface area contributed by atoms with Crippen LogP contribution in [0.25, 0.3) is 0 Å². The second-order valence-electron chi connectivity index (χ2n) is 6.35. The van der Waals surface area contributed by atoms with Crippen LogP contribution in [0.4, 0.5) is 0 Å². The van der Waals surface area contributed by atoms with E-state index >= 15 is 0 Å². The van der Waals surface area contributed by atoms with Gasteiger partial charge in [0.2, 0.25) is 0 Å². The molecule has 0 aromatic carbocycles. The van der Waals surface area contributed by atoms with Gasteiger partial charge in [-0.05, 0) is 58.7 Å². The molecule has 1 aromatic heterocycles. The van der Waals surface area contributed by atoms with Gasteiger partial charge in [-0.15, -0.1) is 0 Å². The zero-order valence-electron chi connectivity index (χ0n) is 12.3. The Bertz CT molecular complexity index is 450. The minimum Gasteiger partial charge on any atom is -0.350 e. The van der Waals surface area contributed by atoms with Crippen LogP contribution in [-0.2, 0) is 0 Å². The number of nitrogens with one attached hydrogen (secondary N) is 1. The van der Waals surface area contributed by atoms with Crippen molar-refractivity contribution in [2.24, 2.45) is 11.3 Å². The van der Waals surface area contributed by atoms with Crippen molar-refractivity contribution in [3.63, 3.8) is 0 Å². The van der Waals surface area contributed by atoms with Crippen molar-refractivity contribution in [1.29, 1.82) is 0 Å². The van der Waals surface area contributed by atoms with Crippen molar-refractivity contribution < 1.29 is 4.79 Å². The lowest BCUT2D eigenvalue weighted by Crippen LogP contribution is -2.37. The van der Waals surface area contributed by atoms with E-state index in [2.05, 4.69) is 40.1 Å². The fourth-order valence-corrected chi connectivity index (χ4v) is 3.55. The molecular formula is C16H23BrN2O. The Morgan fingerprint density at radius 1 is 1.40 bits per heavy atom. The number of nitrogens with zero attached hydrogens (tertiary/aromatic N) is 1. The Morgan fingerprint density at radius 3 is 2.65 bits per heavy atom. The number of hydrogen-bond acceptors (Lipinski definition) is 2. The Labute approximate surface area is 129 Å². The van der Waals surface area contributed by atoms with Crippen molar-refractivity contribution in [2.45, 2.75) is 46.0 Å². The first kappa shape index (κ1) is 15.5. The summed E-state index contributed by atoms with van der Waals surface area (Å²) in [5, 5.41) is 3.09. The quantitative estimate of drug-likeness (QED) is 0.874. The Hall–Kier alpha value is -0.900. The Morgan fingerprint density at radius 2 is 2.10 bits per heavy atom. The first-order valence-electron chi connectivity index (χ1n) is 7.40. The largest absolute Gasteiger partial charge is 0.350 e. The predicted octanol–water partition coefficient (Wildman–Crippen LogP) is 4.18. The number of carbonyl (C=O) groups excluding carboxylic acids is 1. The maximum absolute atomic E-state index is 12.2. The van der Waals surface area contributed by atoms with Gasteiger partial charge in [-0.3, -0.25) is 4.79 Å². The van der Waals surface area contributed by atoms with Crippen LogP contribution in [0.2, 0.25) is 0 Å². The summed E-state index contributed by atoms with van der Waals surface area (Å²) in [7, 11) is 0. The van der Waals surface area contributed by atoms with Gasteiger partial charge in [0.25, 0.3) is 5.91 Å². The molecule has 1 aliphatic carbocycles. The number of aromatic nitrogens is 1. The van der Waals surface area contributed by atoms with Crippen LogP contribution in [0.15, 0.2) is 22.8 Å². The summed E-state index contributed by atoms with van der Waals surface area (Å²) in [4.78, 5) is 16.3. The first-order chi connectivity index (χ1) is 9.51. The minimum absolute atomic E-state index is 0.0625. The van der Waals surface area contributed by atoms with Crippen molar-refractivity contribution >= 4 is 21.8 Å². The molecule has 4 heteroatoms. The van der Waals surface area contributed by atoms with Gasteiger partial charge in [-0.1, -0.05) is 26.7 Å². The molecule has 110 valence electrons. The van der Waals surface area contributed by atoms with Crippen molar-refractivity contribution in [3.8, 4) is 0 Å². The second-order valence-corrected chi connectivity index (χ2v) is 7.27. The van der Waals surface area contributed by atoms with E-state index in [-0.39, 0.29) is 5.91 Å². The average Bonchev–Trinajstić information content (AvgIpc) is 2.85. The molecule has 1 saturated carbocycles. The SMILES string of the molecule is CC(C)CC1(CNC(=O)c2ccc(Br)cn2)CCCC1. The van der Waals surface area contributed by atoms with Gasteiger partial charge in [0.1, 0.15) is 5.69 Å². The summed E-state index contributed by atoms with van der Waals surface area (Å²) in [5.74, 6) is 0.614. The molecule has 20 heavy (non-hydrogen) atoms. The molecule has 3 nitrogen and oxygen atoms in total. The zero-order valence-corrected chi connectivity index (χ0v) is 13.9. The molecule has 1 aromatic rings. The third-order valence-corrected chi connectivity index (χ3v) is 4.56. The van der Waals surface area contributed by atoms with Gasteiger partial charge in [-0.2, -0.15) is 0 Å². The highest BCUT2D eigenvalue weighted by atomic mass is 79.9. The van der Waals surface area contributed by atoms with Crippen LogP contribution in [0, 0.1) is 11.3 Å². The van der Waals surface area contributed by atoms with E-state index in [0.717, 1.165) is 11.0 Å². The van der Waals surface area contributed by atoms with Crippen LogP contribution in [0.5, 0.6) is 0 Å². The van der Waals surface area contributed by atoms with E-state index in [1.54, 1.807) is 12.3 Å². The van der Waals surface area contributed by atoms with Gasteiger partial charge < -0.3 is 5.32 Å². The summed E-state index contributed by atoms with van der Waals surface area (Å²) in [6, 6.07) is 3.60. The van der Waals surface area contributed by atoms with Gasteiger partial charge in [0, 0.05) is 17.2 Å². The molecule has 2 rings (SSSR count). The lowest BCUT2D eigenvalue weighted by Gasteiger charge is -2.31. The fourth-order valence-electron chi connectivity index (χ4n) is 3.31. The van der Waals surface area contributed by atoms with Gasteiger partial charge in [0.15, 0.2) is 0 Å². The molecule has 1 N–H and O–H groups in total. The van der Waals surface area contributed by atoms with Crippen LogP contribution in [0.1, 0.15) is 56.4 Å². The molecule has 0 spiro atoms. The molecule has 0 saturated heterocycles. The van der Waals surface area contributed by atoms with E-state index in [9.17, 15) is 4.79 Å². The monoisotopic (exact) mass is 338 g/mol. The van der Waals surface area contributed by atoms with Crippen LogP contribution >= 0.6 is 15.9 Å². The van der Waals surface area contributed by atoms with E-state index < -0.39 is 0 Å². The molecule has 1 heterocycles. The number of pyridine rings is 1. The molecule has 1 aliphatic rings. The first-order valence-corrected chi connectivity index (χ1v) is 8.20. The predicted molar refractivity (Wildman–Crippen MR) is 84.6 cm³/mol. The summed E-state index contributed by atoms with van der Waals surface area (Å²) < 4.78 is 0.890. The maximum atomic E-state index is 12.2. The van der Waals surface area contributed by atoms with Crippen LogP contribution in [0.3, 0.4) is 0 Å². The summed E-state index contributed by atoms with van der Waals surface area (Å²) >= 11 is 3.33. The van der Waals surface area contributed by atoms with E-state index in [0.29, 0.717) is 17.0 Å². The molecule has 0 atom stereocenters. The van der Waals surface area contributed by atoms with Gasteiger partial charge in [0.05, 0.1) is 0 Å². The van der Waals surface area contributed by atoms with Gasteiger partial charge >= 0.3 is 0 Å². The molecule has 1 fully saturated rings. The standard InChI is InChI=1S/C16H23BrN2O/c1-12(2)9-16(7-3-4-8-16)11-19-15(20)14-6-5-13(17)10-18-14/h5-6,10,12H,3-4,7-9,11H2,1-2H3,(H,19,20). The van der Waals surface area contributed by atoms with E-state index in [4.69, 9.17) is 0 Å².